The zero-order valence-corrected chi connectivity index (χ0v) is 4.12. The third kappa shape index (κ3) is 3.36. The van der Waals surface area contributed by atoms with Crippen LogP contribution in [0.5, 0.6) is 0 Å². The van der Waals surface area contributed by atoms with Crippen LogP contribution in [-0.4, -0.2) is 6.61 Å². The normalized spacial score (nSPS) is 5.67. The van der Waals surface area contributed by atoms with E-state index in [1.54, 1.807) is 6.92 Å². The maximum absolute atomic E-state index is 4.62. The van der Waals surface area contributed by atoms with E-state index in [4.69, 9.17) is 0 Å². The van der Waals surface area contributed by atoms with Gasteiger partial charge in [0.05, 0.1) is 6.61 Å². The molecule has 34 valence electrons. The zero-order valence-electron chi connectivity index (χ0n) is 4.12. The van der Waals surface area contributed by atoms with E-state index in [2.05, 4.69) is 16.8 Å². The number of hydrogen-bond donors (Lipinski definition) is 0. The second-order valence-electron chi connectivity index (χ2n) is 0.785. The smallest absolute Gasteiger partial charge is 0.109 e. The Balaban J connectivity index is 2.79. The predicted octanol–water partition coefficient (Wildman–Crippen LogP) is 1.00. The summed E-state index contributed by atoms with van der Waals surface area (Å²) in [7, 11) is 0. The van der Waals surface area contributed by atoms with E-state index in [0.29, 0.717) is 6.61 Å². The molecular formula is C5H8O. The van der Waals surface area contributed by atoms with E-state index in [0.717, 1.165) is 0 Å². The summed E-state index contributed by atoms with van der Waals surface area (Å²) >= 11 is 0. The van der Waals surface area contributed by atoms with Crippen molar-refractivity contribution in [3.8, 4) is 12.0 Å². The second kappa shape index (κ2) is 4.36. The summed E-state index contributed by atoms with van der Waals surface area (Å²) in [5.74, 6) is 2.60. The molecule has 6 heavy (non-hydrogen) atoms. The zero-order chi connectivity index (χ0) is 4.83. The Hall–Kier alpha value is -0.640. The molecule has 0 radical (unpaired) electrons. The Morgan fingerprint density at radius 1 is 1.67 bits per heavy atom. The van der Waals surface area contributed by atoms with Crippen molar-refractivity contribution in [1.82, 2.24) is 0 Å². The Morgan fingerprint density at radius 2 is 2.33 bits per heavy atom. The molecule has 0 aromatic heterocycles. The van der Waals surface area contributed by atoms with Crippen LogP contribution in [-0.2, 0) is 4.74 Å². The first-order valence-corrected chi connectivity index (χ1v) is 1.95. The van der Waals surface area contributed by atoms with Crippen LogP contribution < -0.4 is 0 Å². The average molecular weight is 84.1 g/mol. The summed E-state index contributed by atoms with van der Waals surface area (Å²) in [5.41, 5.74) is 0. The molecule has 0 atom stereocenters. The molecule has 0 bridgehead atoms. The molecule has 0 aliphatic heterocycles. The van der Waals surface area contributed by atoms with Gasteiger partial charge in [0, 0.05) is 6.92 Å². The molecule has 0 aromatic carbocycles. The third-order valence-electron chi connectivity index (χ3n) is 0.319. The van der Waals surface area contributed by atoms with Crippen molar-refractivity contribution in [3.63, 3.8) is 0 Å². The van der Waals surface area contributed by atoms with Crippen LogP contribution in [0.25, 0.3) is 0 Å². The maximum Gasteiger partial charge on any atom is 0.109 e. The first-order valence-electron chi connectivity index (χ1n) is 1.95. The van der Waals surface area contributed by atoms with Crippen molar-refractivity contribution in [1.29, 1.82) is 0 Å². The highest BCUT2D eigenvalue weighted by Crippen LogP contribution is 1.61. The molecule has 0 aromatic rings. The molecule has 0 unspecified atom stereocenters. The molecule has 1 heteroatoms. The molecule has 0 saturated heterocycles. The van der Waals surface area contributed by atoms with E-state index < -0.39 is 0 Å². The quantitative estimate of drug-likeness (QED) is 0.431. The van der Waals surface area contributed by atoms with Crippen LogP contribution in [0.2, 0.25) is 0 Å². The van der Waals surface area contributed by atoms with Gasteiger partial charge in [-0.05, 0) is 6.92 Å². The van der Waals surface area contributed by atoms with Gasteiger partial charge >= 0.3 is 0 Å². The molecule has 0 aliphatic rings. The summed E-state index contributed by atoms with van der Waals surface area (Å²) in [6, 6.07) is 0. The van der Waals surface area contributed by atoms with Crippen LogP contribution in [0.15, 0.2) is 0 Å². The van der Waals surface area contributed by atoms with E-state index in [1.807, 2.05) is 6.92 Å². The minimum atomic E-state index is 0.681. The van der Waals surface area contributed by atoms with Gasteiger partial charge in [0.1, 0.15) is 6.11 Å². The van der Waals surface area contributed by atoms with Crippen LogP contribution in [0.3, 0.4) is 0 Å². The van der Waals surface area contributed by atoms with E-state index >= 15 is 0 Å². The molecule has 0 fully saturated rings. The number of ether oxygens (including phenoxy) is 1. The van der Waals surface area contributed by atoms with Gasteiger partial charge in [0.15, 0.2) is 0 Å². The Bertz CT molecular complexity index is 65.7. The highest BCUT2D eigenvalue weighted by Gasteiger charge is 1.59. The fourth-order valence-corrected chi connectivity index (χ4v) is 0.144. The molecule has 0 aliphatic carbocycles. The van der Waals surface area contributed by atoms with Crippen LogP contribution in [0.1, 0.15) is 13.8 Å². The van der Waals surface area contributed by atoms with Gasteiger partial charge in [0.2, 0.25) is 0 Å². The lowest BCUT2D eigenvalue weighted by Gasteiger charge is -1.80. The molecule has 0 amide bonds. The summed E-state index contributed by atoms with van der Waals surface area (Å²) in [6.45, 7) is 4.33. The lowest BCUT2D eigenvalue weighted by atomic mass is 10.8. The first-order chi connectivity index (χ1) is 2.91. The van der Waals surface area contributed by atoms with Crippen molar-refractivity contribution in [2.45, 2.75) is 13.8 Å². The second-order valence-corrected chi connectivity index (χ2v) is 0.785. The summed E-state index contributed by atoms with van der Waals surface area (Å²) in [6.07, 6.45) is 2.45. The van der Waals surface area contributed by atoms with Gasteiger partial charge in [-0.15, -0.1) is 0 Å². The molecule has 0 N–H and O–H groups in total. The molecule has 1 nitrogen and oxygen atoms in total. The van der Waals surface area contributed by atoms with Crippen molar-refractivity contribution >= 4 is 0 Å². The van der Waals surface area contributed by atoms with Crippen molar-refractivity contribution in [2.75, 3.05) is 6.61 Å². The first kappa shape index (κ1) is 5.36. The fourth-order valence-electron chi connectivity index (χ4n) is 0.144. The van der Waals surface area contributed by atoms with Gasteiger partial charge in [-0.1, -0.05) is 5.92 Å². The minimum absolute atomic E-state index is 0.681. The Morgan fingerprint density at radius 3 is 2.50 bits per heavy atom. The van der Waals surface area contributed by atoms with Gasteiger partial charge < -0.3 is 4.74 Å². The highest BCUT2D eigenvalue weighted by atomic mass is 16.5. The Kier molecular flexibility index (Phi) is 3.89. The number of hydrogen-bond acceptors (Lipinski definition) is 1. The number of rotatable bonds is 1. The highest BCUT2D eigenvalue weighted by molar-refractivity contribution is 4.84. The summed E-state index contributed by atoms with van der Waals surface area (Å²) < 4.78 is 4.62. The van der Waals surface area contributed by atoms with Crippen molar-refractivity contribution < 1.29 is 4.74 Å². The van der Waals surface area contributed by atoms with Gasteiger partial charge in [-0.25, -0.2) is 0 Å². The molecule has 0 saturated carbocycles. The van der Waals surface area contributed by atoms with E-state index in [1.165, 1.54) is 0 Å². The monoisotopic (exact) mass is 84.1 g/mol. The van der Waals surface area contributed by atoms with Gasteiger partial charge in [-0.3, -0.25) is 0 Å². The average Bonchev–Trinajstić information content (AvgIpc) is 1.61. The Labute approximate surface area is 38.3 Å². The molecule has 0 rings (SSSR count). The maximum atomic E-state index is 4.62. The third-order valence-corrected chi connectivity index (χ3v) is 0.319. The predicted molar refractivity (Wildman–Crippen MR) is 25.1 cm³/mol. The van der Waals surface area contributed by atoms with Gasteiger partial charge in [-0.2, -0.15) is 0 Å². The minimum Gasteiger partial charge on any atom is -0.447 e. The topological polar surface area (TPSA) is 9.23 Å². The van der Waals surface area contributed by atoms with Gasteiger partial charge in [0.25, 0.3) is 0 Å². The van der Waals surface area contributed by atoms with E-state index in [-0.39, 0.29) is 0 Å². The molecule has 0 heterocycles. The van der Waals surface area contributed by atoms with Crippen LogP contribution in [0.4, 0.5) is 0 Å². The SMILES string of the molecule is CC#COCC. The summed E-state index contributed by atoms with van der Waals surface area (Å²) in [4.78, 5) is 0. The fraction of sp³-hybridized carbons (Fsp3) is 0.600. The lowest BCUT2D eigenvalue weighted by Crippen LogP contribution is -1.74. The lowest BCUT2D eigenvalue weighted by molar-refractivity contribution is 0.299. The van der Waals surface area contributed by atoms with Crippen LogP contribution >= 0.6 is 0 Å². The van der Waals surface area contributed by atoms with E-state index in [9.17, 15) is 0 Å². The molecule has 0 spiro atoms. The summed E-state index contributed by atoms with van der Waals surface area (Å²) in [5, 5.41) is 0. The van der Waals surface area contributed by atoms with Crippen molar-refractivity contribution in [3.05, 3.63) is 0 Å². The largest absolute Gasteiger partial charge is 0.447 e. The standard InChI is InChI=1S/C5H8O/c1-3-5-6-4-2/h4H2,1-2H3. The molecular weight excluding hydrogens is 76.1 g/mol. The van der Waals surface area contributed by atoms with Crippen LogP contribution in [0, 0.1) is 12.0 Å². The van der Waals surface area contributed by atoms with Crippen molar-refractivity contribution in [2.24, 2.45) is 0 Å².